The minimum absolute atomic E-state index is 0.157. The Balaban J connectivity index is 1.93. The van der Waals surface area contributed by atoms with E-state index in [0.29, 0.717) is 6.61 Å². The summed E-state index contributed by atoms with van der Waals surface area (Å²) in [7, 11) is -3.48. The Bertz CT molecular complexity index is 746. The lowest BCUT2D eigenvalue weighted by atomic mass is 10.1. The summed E-state index contributed by atoms with van der Waals surface area (Å²) in [5.74, 6) is 5.71. The van der Waals surface area contributed by atoms with Crippen LogP contribution in [0.15, 0.2) is 60.7 Å². The van der Waals surface area contributed by atoms with E-state index in [0.717, 1.165) is 24.7 Å². The topological polar surface area (TPSA) is 52.6 Å². The van der Waals surface area contributed by atoms with Crippen molar-refractivity contribution in [3.63, 3.8) is 0 Å². The maximum Gasteiger partial charge on any atom is 0.265 e. The summed E-state index contributed by atoms with van der Waals surface area (Å²) in [5.41, 5.74) is 2.28. The van der Waals surface area contributed by atoms with Crippen LogP contribution in [-0.2, 0) is 32.1 Å². The smallest absolute Gasteiger partial charge is 0.265 e. The van der Waals surface area contributed by atoms with Crippen molar-refractivity contribution >= 4 is 10.1 Å². The minimum Gasteiger partial charge on any atom is -0.361 e. The molecule has 4 nitrogen and oxygen atoms in total. The van der Waals surface area contributed by atoms with E-state index in [1.54, 1.807) is 0 Å². The predicted octanol–water partition coefficient (Wildman–Crippen LogP) is 3.18. The first-order valence-electron chi connectivity index (χ1n) is 8.05. The highest BCUT2D eigenvalue weighted by Crippen LogP contribution is 2.10. The van der Waals surface area contributed by atoms with Crippen molar-refractivity contribution in [2.24, 2.45) is 0 Å². The highest BCUT2D eigenvalue weighted by molar-refractivity contribution is 7.86. The molecule has 0 saturated carbocycles. The van der Waals surface area contributed by atoms with Crippen LogP contribution in [0.25, 0.3) is 0 Å². The lowest BCUT2D eigenvalue weighted by Gasteiger charge is -2.12. The maximum absolute atomic E-state index is 11.0. The molecule has 0 fully saturated rings. The van der Waals surface area contributed by atoms with E-state index in [9.17, 15) is 8.42 Å². The predicted molar refractivity (Wildman–Crippen MR) is 98.4 cm³/mol. The van der Waals surface area contributed by atoms with E-state index >= 15 is 0 Å². The molecule has 0 aromatic heterocycles. The molecule has 1 atom stereocenters. The van der Waals surface area contributed by atoms with Crippen LogP contribution in [0.3, 0.4) is 0 Å². The Hall–Kier alpha value is -2.13. The van der Waals surface area contributed by atoms with Gasteiger partial charge in [-0.15, -0.1) is 0 Å². The van der Waals surface area contributed by atoms with Crippen LogP contribution in [0.4, 0.5) is 0 Å². The van der Waals surface area contributed by atoms with Crippen LogP contribution in [0.2, 0.25) is 0 Å². The zero-order chi connectivity index (χ0) is 18.0. The van der Waals surface area contributed by atoms with Gasteiger partial charge in [0.2, 0.25) is 0 Å². The molecule has 0 saturated heterocycles. The molecule has 0 bridgehead atoms. The quantitative estimate of drug-likeness (QED) is 0.537. The first-order chi connectivity index (χ1) is 12.0. The molecule has 0 aliphatic rings. The van der Waals surface area contributed by atoms with E-state index in [4.69, 9.17) is 4.74 Å². The van der Waals surface area contributed by atoms with Gasteiger partial charge in [0.1, 0.15) is 12.7 Å². The molecule has 2 aromatic carbocycles. The van der Waals surface area contributed by atoms with Gasteiger partial charge in [-0.1, -0.05) is 72.5 Å². The molecule has 2 rings (SSSR count). The van der Waals surface area contributed by atoms with Gasteiger partial charge >= 0.3 is 0 Å². The van der Waals surface area contributed by atoms with Crippen LogP contribution in [-0.4, -0.2) is 27.4 Å². The summed E-state index contributed by atoms with van der Waals surface area (Å²) < 4.78 is 32.5. The SMILES string of the molecule is CS(=O)(=O)OCC#CC(CCc1ccccc1)OCc1ccccc1. The molecule has 132 valence electrons. The standard InChI is InChI=1S/C20H22O4S/c1-25(21,22)24-16-8-13-20(15-14-18-9-4-2-5-10-18)23-17-19-11-6-3-7-12-19/h2-7,9-12,20H,14-17H2,1H3. The van der Waals surface area contributed by atoms with Crippen molar-refractivity contribution in [3.05, 3.63) is 71.8 Å². The number of hydrogen-bond donors (Lipinski definition) is 0. The third kappa shape index (κ3) is 8.50. The third-order valence-corrected chi connectivity index (χ3v) is 3.99. The van der Waals surface area contributed by atoms with Gasteiger partial charge in [-0.3, -0.25) is 4.18 Å². The lowest BCUT2D eigenvalue weighted by Crippen LogP contribution is -2.12. The van der Waals surface area contributed by atoms with Crippen LogP contribution in [0.1, 0.15) is 17.5 Å². The molecular weight excluding hydrogens is 336 g/mol. The van der Waals surface area contributed by atoms with E-state index in [2.05, 4.69) is 28.2 Å². The number of benzene rings is 2. The van der Waals surface area contributed by atoms with Gasteiger partial charge in [-0.05, 0) is 24.0 Å². The number of aryl methyl sites for hydroxylation is 1. The molecule has 25 heavy (non-hydrogen) atoms. The average molecular weight is 358 g/mol. The van der Waals surface area contributed by atoms with Gasteiger partial charge in [0.25, 0.3) is 10.1 Å². The highest BCUT2D eigenvalue weighted by Gasteiger charge is 2.07. The van der Waals surface area contributed by atoms with Gasteiger partial charge in [0, 0.05) is 0 Å². The number of ether oxygens (including phenoxy) is 1. The Kier molecular flexibility index (Phi) is 7.68. The molecular formula is C20H22O4S. The molecule has 0 N–H and O–H groups in total. The first kappa shape index (κ1) is 19.2. The van der Waals surface area contributed by atoms with Crippen molar-refractivity contribution in [1.82, 2.24) is 0 Å². The van der Waals surface area contributed by atoms with Gasteiger partial charge < -0.3 is 4.74 Å². The normalized spacial score (nSPS) is 12.2. The summed E-state index contributed by atoms with van der Waals surface area (Å²) in [6, 6.07) is 20.0. The molecule has 0 spiro atoms. The average Bonchev–Trinajstić information content (AvgIpc) is 2.61. The van der Waals surface area contributed by atoms with Crippen molar-refractivity contribution < 1.29 is 17.3 Å². The molecule has 0 amide bonds. The molecule has 0 aliphatic carbocycles. The van der Waals surface area contributed by atoms with Gasteiger partial charge in [0.15, 0.2) is 0 Å². The van der Waals surface area contributed by atoms with Crippen molar-refractivity contribution in [1.29, 1.82) is 0 Å². The molecule has 2 aromatic rings. The largest absolute Gasteiger partial charge is 0.361 e. The minimum atomic E-state index is -3.48. The summed E-state index contributed by atoms with van der Waals surface area (Å²) in [6.07, 6.45) is 2.28. The Labute approximate surface area is 149 Å². The second kappa shape index (κ2) is 10.00. The Morgan fingerprint density at radius 2 is 1.56 bits per heavy atom. The summed E-state index contributed by atoms with van der Waals surface area (Å²) in [6.45, 7) is 0.303. The zero-order valence-corrected chi connectivity index (χ0v) is 15.0. The molecule has 5 heteroatoms. The highest BCUT2D eigenvalue weighted by atomic mass is 32.2. The van der Waals surface area contributed by atoms with Crippen molar-refractivity contribution in [3.8, 4) is 11.8 Å². The van der Waals surface area contributed by atoms with E-state index < -0.39 is 10.1 Å². The first-order valence-corrected chi connectivity index (χ1v) is 9.87. The lowest BCUT2D eigenvalue weighted by molar-refractivity contribution is 0.0727. The van der Waals surface area contributed by atoms with Crippen LogP contribution in [0, 0.1) is 11.8 Å². The molecule has 0 radical (unpaired) electrons. The summed E-state index contributed by atoms with van der Waals surface area (Å²) in [5, 5.41) is 0. The Morgan fingerprint density at radius 1 is 0.960 bits per heavy atom. The second-order valence-electron chi connectivity index (χ2n) is 5.60. The van der Waals surface area contributed by atoms with Crippen LogP contribution < -0.4 is 0 Å². The van der Waals surface area contributed by atoms with Crippen molar-refractivity contribution in [2.45, 2.75) is 25.6 Å². The van der Waals surface area contributed by atoms with Crippen molar-refractivity contribution in [2.75, 3.05) is 12.9 Å². The maximum atomic E-state index is 11.0. The Morgan fingerprint density at radius 3 is 2.16 bits per heavy atom. The zero-order valence-electron chi connectivity index (χ0n) is 14.2. The fourth-order valence-corrected chi connectivity index (χ4v) is 2.48. The fraction of sp³-hybridized carbons (Fsp3) is 0.300. The summed E-state index contributed by atoms with van der Waals surface area (Å²) >= 11 is 0. The monoisotopic (exact) mass is 358 g/mol. The molecule has 1 unspecified atom stereocenters. The number of hydrogen-bond acceptors (Lipinski definition) is 4. The van der Waals surface area contributed by atoms with Crippen LogP contribution >= 0.6 is 0 Å². The van der Waals surface area contributed by atoms with E-state index in [1.807, 2.05) is 48.5 Å². The van der Waals surface area contributed by atoms with Gasteiger partial charge in [-0.25, -0.2) is 0 Å². The summed E-state index contributed by atoms with van der Waals surface area (Å²) in [4.78, 5) is 0. The fourth-order valence-electron chi connectivity index (χ4n) is 2.20. The van der Waals surface area contributed by atoms with Gasteiger partial charge in [-0.2, -0.15) is 8.42 Å². The second-order valence-corrected chi connectivity index (χ2v) is 7.24. The number of rotatable bonds is 8. The van der Waals surface area contributed by atoms with Gasteiger partial charge in [0.05, 0.1) is 12.9 Å². The van der Waals surface area contributed by atoms with Crippen LogP contribution in [0.5, 0.6) is 0 Å². The molecule has 0 aliphatic heterocycles. The van der Waals surface area contributed by atoms with E-state index in [1.165, 1.54) is 5.56 Å². The molecule has 0 heterocycles. The third-order valence-electron chi connectivity index (χ3n) is 3.44. The van der Waals surface area contributed by atoms with E-state index in [-0.39, 0.29) is 12.7 Å².